The van der Waals surface area contributed by atoms with Crippen LogP contribution in [0.3, 0.4) is 0 Å². The van der Waals surface area contributed by atoms with Gasteiger partial charge < -0.3 is 5.32 Å². The molecule has 3 aromatic rings. The molecule has 0 aliphatic rings. The van der Waals surface area contributed by atoms with Crippen LogP contribution in [0.15, 0.2) is 59.5 Å². The monoisotopic (exact) mass is 442 g/mol. The standard InChI is InChI=1S/C23H23ClN2O3S/c1-14-8-9-15(2)20(12-14)26-30(28,29)21-13-18(10-11-19(21)24)23(27)25-22-16(3)6-5-7-17(22)4/h5-13,26H,1-4H3,(H,25,27). The first-order chi connectivity index (χ1) is 14.1. The summed E-state index contributed by atoms with van der Waals surface area (Å²) in [5.41, 5.74) is 4.91. The van der Waals surface area contributed by atoms with Crippen LogP contribution in [-0.4, -0.2) is 14.3 Å². The average Bonchev–Trinajstić information content (AvgIpc) is 2.67. The first-order valence-corrected chi connectivity index (χ1v) is 11.2. The zero-order valence-corrected chi connectivity index (χ0v) is 18.8. The van der Waals surface area contributed by atoms with E-state index in [1.165, 1.54) is 18.2 Å². The molecule has 0 saturated carbocycles. The second-order valence-corrected chi connectivity index (χ2v) is 9.35. The first-order valence-electron chi connectivity index (χ1n) is 9.35. The van der Waals surface area contributed by atoms with Crippen LogP contribution in [0.1, 0.15) is 32.6 Å². The Labute approximate surface area is 182 Å². The molecule has 5 nitrogen and oxygen atoms in total. The van der Waals surface area contributed by atoms with Crippen molar-refractivity contribution in [3.63, 3.8) is 0 Å². The van der Waals surface area contributed by atoms with Gasteiger partial charge in [-0.25, -0.2) is 8.42 Å². The topological polar surface area (TPSA) is 75.3 Å². The predicted octanol–water partition coefficient (Wildman–Crippen LogP) is 5.63. The highest BCUT2D eigenvalue weighted by atomic mass is 35.5. The predicted molar refractivity (Wildman–Crippen MR) is 122 cm³/mol. The molecule has 0 atom stereocenters. The number of hydrogen-bond donors (Lipinski definition) is 2. The van der Waals surface area contributed by atoms with Gasteiger partial charge in [0.2, 0.25) is 0 Å². The molecule has 0 aliphatic heterocycles. The SMILES string of the molecule is Cc1ccc(C)c(NS(=O)(=O)c2cc(C(=O)Nc3c(C)cccc3C)ccc2Cl)c1. The number of aryl methyl sites for hydroxylation is 4. The molecule has 1 amide bonds. The molecule has 0 unspecified atom stereocenters. The van der Waals surface area contributed by atoms with Gasteiger partial charge in [0.25, 0.3) is 15.9 Å². The zero-order chi connectivity index (χ0) is 22.1. The number of halogens is 1. The number of sulfonamides is 1. The number of rotatable bonds is 5. The van der Waals surface area contributed by atoms with Gasteiger partial charge in [-0.3, -0.25) is 9.52 Å². The van der Waals surface area contributed by atoms with Crippen LogP contribution in [0.25, 0.3) is 0 Å². The van der Waals surface area contributed by atoms with Crippen molar-refractivity contribution in [2.45, 2.75) is 32.6 Å². The second kappa shape index (κ2) is 8.50. The quantitative estimate of drug-likeness (QED) is 0.537. The molecule has 0 fully saturated rings. The summed E-state index contributed by atoms with van der Waals surface area (Å²) in [6.07, 6.45) is 0. The summed E-state index contributed by atoms with van der Waals surface area (Å²) in [6.45, 7) is 7.49. The van der Waals surface area contributed by atoms with Crippen molar-refractivity contribution in [1.29, 1.82) is 0 Å². The molecule has 7 heteroatoms. The fourth-order valence-electron chi connectivity index (χ4n) is 3.09. The van der Waals surface area contributed by atoms with Gasteiger partial charge >= 0.3 is 0 Å². The van der Waals surface area contributed by atoms with Crippen molar-refractivity contribution >= 4 is 38.9 Å². The Hall–Kier alpha value is -2.83. The summed E-state index contributed by atoms with van der Waals surface area (Å²) < 4.78 is 28.6. The normalized spacial score (nSPS) is 11.2. The summed E-state index contributed by atoms with van der Waals surface area (Å²) in [5, 5.41) is 2.90. The molecule has 0 spiro atoms. The number of para-hydroxylation sites is 1. The molecule has 3 rings (SSSR count). The molecule has 30 heavy (non-hydrogen) atoms. The third kappa shape index (κ3) is 4.66. The number of nitrogens with one attached hydrogen (secondary N) is 2. The molecule has 0 aliphatic carbocycles. The van der Waals surface area contributed by atoms with Gasteiger partial charge in [-0.1, -0.05) is 41.9 Å². The molecular weight excluding hydrogens is 420 g/mol. The lowest BCUT2D eigenvalue weighted by atomic mass is 10.1. The van der Waals surface area contributed by atoms with E-state index in [1.807, 2.05) is 58.0 Å². The van der Waals surface area contributed by atoms with Crippen LogP contribution in [0, 0.1) is 27.7 Å². The molecule has 2 N–H and O–H groups in total. The smallest absolute Gasteiger partial charge is 0.263 e. The number of anilines is 2. The van der Waals surface area contributed by atoms with Crippen molar-refractivity contribution in [2.75, 3.05) is 10.0 Å². The number of carbonyl (C=O) groups excluding carboxylic acids is 1. The minimum Gasteiger partial charge on any atom is -0.322 e. The second-order valence-electron chi connectivity index (χ2n) is 7.29. The molecule has 3 aromatic carbocycles. The van der Waals surface area contributed by atoms with E-state index >= 15 is 0 Å². The van der Waals surface area contributed by atoms with E-state index in [9.17, 15) is 13.2 Å². The number of hydrogen-bond acceptors (Lipinski definition) is 3. The van der Waals surface area contributed by atoms with Gasteiger partial charge in [0.1, 0.15) is 4.90 Å². The first kappa shape index (κ1) is 21.9. The molecule has 156 valence electrons. The van der Waals surface area contributed by atoms with E-state index in [4.69, 9.17) is 11.6 Å². The Balaban J connectivity index is 1.94. The highest BCUT2D eigenvalue weighted by Gasteiger charge is 2.21. The van der Waals surface area contributed by atoms with Crippen LogP contribution < -0.4 is 10.0 Å². The Morgan fingerprint density at radius 2 is 1.53 bits per heavy atom. The van der Waals surface area contributed by atoms with E-state index < -0.39 is 15.9 Å². The Morgan fingerprint density at radius 3 is 2.20 bits per heavy atom. The van der Waals surface area contributed by atoms with Crippen molar-refractivity contribution in [3.8, 4) is 0 Å². The van der Waals surface area contributed by atoms with Crippen LogP contribution in [0.2, 0.25) is 5.02 Å². The van der Waals surface area contributed by atoms with Gasteiger partial charge in [0.05, 0.1) is 10.7 Å². The van der Waals surface area contributed by atoms with Crippen molar-refractivity contribution < 1.29 is 13.2 Å². The van der Waals surface area contributed by atoms with Gasteiger partial charge in [0.15, 0.2) is 0 Å². The van der Waals surface area contributed by atoms with E-state index in [2.05, 4.69) is 10.0 Å². The average molecular weight is 443 g/mol. The number of benzene rings is 3. The Morgan fingerprint density at radius 1 is 0.867 bits per heavy atom. The maximum atomic E-state index is 13.0. The minimum atomic E-state index is -3.99. The summed E-state index contributed by atoms with van der Waals surface area (Å²) in [4.78, 5) is 12.6. The van der Waals surface area contributed by atoms with E-state index in [-0.39, 0.29) is 15.5 Å². The fourth-order valence-corrected chi connectivity index (χ4v) is 4.74. The summed E-state index contributed by atoms with van der Waals surface area (Å²) in [7, 11) is -3.99. The lowest BCUT2D eigenvalue weighted by Crippen LogP contribution is -2.17. The van der Waals surface area contributed by atoms with Gasteiger partial charge in [-0.05, 0) is 74.2 Å². The highest BCUT2D eigenvalue weighted by molar-refractivity contribution is 7.92. The lowest BCUT2D eigenvalue weighted by molar-refractivity contribution is 0.102. The molecular formula is C23H23ClN2O3S. The van der Waals surface area contributed by atoms with Crippen molar-refractivity contribution in [2.24, 2.45) is 0 Å². The molecule has 0 aromatic heterocycles. The van der Waals surface area contributed by atoms with Crippen LogP contribution in [0.4, 0.5) is 11.4 Å². The minimum absolute atomic E-state index is 0.0384. The van der Waals surface area contributed by atoms with Gasteiger partial charge in [-0.15, -0.1) is 0 Å². The van der Waals surface area contributed by atoms with Crippen LogP contribution in [0.5, 0.6) is 0 Å². The molecule has 0 radical (unpaired) electrons. The largest absolute Gasteiger partial charge is 0.322 e. The number of amides is 1. The fraction of sp³-hybridized carbons (Fsp3) is 0.174. The Bertz CT molecular complexity index is 1220. The van der Waals surface area contributed by atoms with E-state index in [0.29, 0.717) is 11.4 Å². The summed E-state index contributed by atoms with van der Waals surface area (Å²) >= 11 is 6.18. The highest BCUT2D eigenvalue weighted by Crippen LogP contribution is 2.28. The third-order valence-electron chi connectivity index (χ3n) is 4.84. The summed E-state index contributed by atoms with van der Waals surface area (Å²) in [5.74, 6) is -0.410. The van der Waals surface area contributed by atoms with Gasteiger partial charge in [0, 0.05) is 11.3 Å². The van der Waals surface area contributed by atoms with Gasteiger partial charge in [-0.2, -0.15) is 0 Å². The van der Waals surface area contributed by atoms with Crippen LogP contribution >= 0.6 is 11.6 Å². The lowest BCUT2D eigenvalue weighted by Gasteiger charge is -2.14. The maximum absolute atomic E-state index is 13.0. The summed E-state index contributed by atoms with van der Waals surface area (Å²) in [6, 6.07) is 15.4. The molecule has 0 saturated heterocycles. The Kier molecular flexibility index (Phi) is 6.19. The van der Waals surface area contributed by atoms with Crippen molar-refractivity contribution in [3.05, 3.63) is 87.4 Å². The van der Waals surface area contributed by atoms with Crippen LogP contribution in [-0.2, 0) is 10.0 Å². The maximum Gasteiger partial charge on any atom is 0.263 e. The molecule has 0 bridgehead atoms. The third-order valence-corrected chi connectivity index (χ3v) is 6.69. The zero-order valence-electron chi connectivity index (χ0n) is 17.2. The van der Waals surface area contributed by atoms with Crippen molar-refractivity contribution in [1.82, 2.24) is 0 Å². The molecule has 0 heterocycles. The number of carbonyl (C=O) groups is 1. The van der Waals surface area contributed by atoms with E-state index in [0.717, 1.165) is 22.3 Å². The van der Waals surface area contributed by atoms with E-state index in [1.54, 1.807) is 6.07 Å².